The van der Waals surface area contributed by atoms with Crippen molar-refractivity contribution in [2.75, 3.05) is 25.6 Å². The van der Waals surface area contributed by atoms with E-state index in [1.807, 2.05) is 0 Å². The molecular formula is C11H12BrN5O2. The van der Waals surface area contributed by atoms with Gasteiger partial charge in [-0.05, 0) is 15.9 Å². The van der Waals surface area contributed by atoms with Gasteiger partial charge < -0.3 is 15.4 Å². The average Bonchev–Trinajstić information content (AvgIpc) is 2.42. The van der Waals surface area contributed by atoms with Crippen molar-refractivity contribution >= 4 is 27.8 Å². The third-order valence-corrected chi connectivity index (χ3v) is 2.33. The van der Waals surface area contributed by atoms with E-state index in [4.69, 9.17) is 10.00 Å². The smallest absolute Gasteiger partial charge is 0.263 e. The Morgan fingerprint density at radius 3 is 2.84 bits per heavy atom. The number of nitriles is 1. The van der Waals surface area contributed by atoms with Gasteiger partial charge in [0.2, 0.25) is 5.95 Å². The summed E-state index contributed by atoms with van der Waals surface area (Å²) in [6, 6.07) is 1.79. The second-order valence-electron chi connectivity index (χ2n) is 3.29. The first-order valence-corrected chi connectivity index (χ1v) is 6.08. The number of aromatic nitrogens is 2. The van der Waals surface area contributed by atoms with Crippen LogP contribution in [0, 0.1) is 11.3 Å². The Morgan fingerprint density at radius 2 is 2.26 bits per heavy atom. The molecule has 1 rings (SSSR count). The van der Waals surface area contributed by atoms with Gasteiger partial charge in [-0.1, -0.05) is 0 Å². The number of anilines is 1. The number of methoxy groups -OCH3 is 1. The van der Waals surface area contributed by atoms with Crippen molar-refractivity contribution in [3.8, 4) is 6.07 Å². The van der Waals surface area contributed by atoms with Crippen molar-refractivity contribution in [3.63, 3.8) is 0 Å². The topological polar surface area (TPSA) is 99.9 Å². The third-order valence-electron chi connectivity index (χ3n) is 1.92. The van der Waals surface area contributed by atoms with E-state index in [1.165, 1.54) is 13.3 Å². The van der Waals surface area contributed by atoms with Crippen LogP contribution in [0.1, 0.15) is 0 Å². The van der Waals surface area contributed by atoms with Crippen LogP contribution >= 0.6 is 15.9 Å². The normalized spacial score (nSPS) is 10.7. The van der Waals surface area contributed by atoms with Crippen LogP contribution in [0.5, 0.6) is 0 Å². The predicted molar refractivity (Wildman–Crippen MR) is 71.9 cm³/mol. The molecule has 1 aromatic heterocycles. The van der Waals surface area contributed by atoms with Crippen molar-refractivity contribution in [1.29, 1.82) is 5.26 Å². The first-order valence-electron chi connectivity index (χ1n) is 5.29. The molecule has 100 valence electrons. The molecule has 0 saturated heterocycles. The number of halogens is 1. The predicted octanol–water partition coefficient (Wildman–Crippen LogP) is 0.821. The van der Waals surface area contributed by atoms with E-state index in [0.29, 0.717) is 19.1 Å². The van der Waals surface area contributed by atoms with Crippen molar-refractivity contribution in [2.24, 2.45) is 0 Å². The Morgan fingerprint density at radius 1 is 1.58 bits per heavy atom. The lowest BCUT2D eigenvalue weighted by atomic mass is 10.3. The first kappa shape index (κ1) is 15.1. The van der Waals surface area contributed by atoms with Gasteiger partial charge in [0.15, 0.2) is 0 Å². The maximum Gasteiger partial charge on any atom is 0.263 e. The molecule has 0 saturated carbocycles. The minimum Gasteiger partial charge on any atom is -0.383 e. The lowest BCUT2D eigenvalue weighted by molar-refractivity contribution is -0.117. The van der Waals surface area contributed by atoms with Gasteiger partial charge in [0.05, 0.1) is 11.1 Å². The van der Waals surface area contributed by atoms with E-state index in [1.54, 1.807) is 18.5 Å². The maximum atomic E-state index is 11.6. The number of hydrogen-bond acceptors (Lipinski definition) is 6. The van der Waals surface area contributed by atoms with Gasteiger partial charge in [0, 0.05) is 32.2 Å². The van der Waals surface area contributed by atoms with E-state index >= 15 is 0 Å². The number of nitrogens with zero attached hydrogens (tertiary/aromatic N) is 3. The summed E-state index contributed by atoms with van der Waals surface area (Å²) in [7, 11) is 1.53. The molecule has 1 heterocycles. The Hall–Kier alpha value is -1.98. The van der Waals surface area contributed by atoms with Gasteiger partial charge in [-0.15, -0.1) is 0 Å². The van der Waals surface area contributed by atoms with Gasteiger partial charge >= 0.3 is 0 Å². The largest absolute Gasteiger partial charge is 0.383 e. The van der Waals surface area contributed by atoms with Crippen molar-refractivity contribution in [1.82, 2.24) is 15.3 Å². The molecule has 19 heavy (non-hydrogen) atoms. The molecule has 1 amide bonds. The van der Waals surface area contributed by atoms with E-state index in [0.717, 1.165) is 4.47 Å². The zero-order valence-electron chi connectivity index (χ0n) is 10.2. The van der Waals surface area contributed by atoms with Crippen LogP contribution in [-0.4, -0.2) is 36.1 Å². The summed E-state index contributed by atoms with van der Waals surface area (Å²) >= 11 is 3.20. The van der Waals surface area contributed by atoms with E-state index in [-0.39, 0.29) is 5.57 Å². The third kappa shape index (κ3) is 5.46. The highest BCUT2D eigenvalue weighted by atomic mass is 79.9. The lowest BCUT2D eigenvalue weighted by Gasteiger charge is -2.03. The summed E-state index contributed by atoms with van der Waals surface area (Å²) < 4.78 is 5.52. The summed E-state index contributed by atoms with van der Waals surface area (Å²) in [5.41, 5.74) is -0.0670. The lowest BCUT2D eigenvalue weighted by Crippen LogP contribution is -2.28. The summed E-state index contributed by atoms with van der Waals surface area (Å²) in [6.45, 7) is 0.719. The number of hydrogen-bond donors (Lipinski definition) is 2. The van der Waals surface area contributed by atoms with Crippen molar-refractivity contribution < 1.29 is 9.53 Å². The van der Waals surface area contributed by atoms with Crippen LogP contribution in [0.25, 0.3) is 0 Å². The molecule has 2 N–H and O–H groups in total. The highest BCUT2D eigenvalue weighted by molar-refractivity contribution is 9.10. The molecule has 0 fully saturated rings. The number of rotatable bonds is 6. The van der Waals surface area contributed by atoms with Gasteiger partial charge in [-0.3, -0.25) is 4.79 Å². The standard InChI is InChI=1S/C11H12BrN5O2/c1-19-3-2-14-10(18)8(4-13)5-15-11-16-6-9(12)7-17-11/h5-7H,2-3H2,1H3,(H,14,18)(H,15,16,17)/b8-5-. The molecule has 0 aliphatic carbocycles. The monoisotopic (exact) mass is 325 g/mol. The van der Waals surface area contributed by atoms with E-state index in [9.17, 15) is 4.79 Å². The number of carbonyl (C=O) groups excluding carboxylic acids is 1. The fraction of sp³-hybridized carbons (Fsp3) is 0.273. The zero-order valence-corrected chi connectivity index (χ0v) is 11.8. The van der Waals surface area contributed by atoms with Crippen LogP contribution in [0.3, 0.4) is 0 Å². The summed E-state index contributed by atoms with van der Waals surface area (Å²) in [5.74, 6) is -0.190. The van der Waals surface area contributed by atoms with E-state index in [2.05, 4.69) is 36.5 Å². The molecule has 1 aromatic rings. The molecule has 8 heteroatoms. The van der Waals surface area contributed by atoms with Crippen LogP contribution in [0.4, 0.5) is 5.95 Å². The molecule has 0 bridgehead atoms. The highest BCUT2D eigenvalue weighted by Crippen LogP contribution is 2.07. The van der Waals surface area contributed by atoms with Gasteiger partial charge in [0.25, 0.3) is 5.91 Å². The first-order chi connectivity index (χ1) is 9.17. The minimum absolute atomic E-state index is 0.0670. The molecule has 7 nitrogen and oxygen atoms in total. The van der Waals surface area contributed by atoms with Gasteiger partial charge in [0.1, 0.15) is 11.6 Å². The summed E-state index contributed by atoms with van der Waals surface area (Å²) in [4.78, 5) is 19.5. The Kier molecular flexibility index (Phi) is 6.49. The Bertz CT molecular complexity index is 495. The minimum atomic E-state index is -0.482. The van der Waals surface area contributed by atoms with E-state index < -0.39 is 5.91 Å². The number of ether oxygens (including phenoxy) is 1. The number of amides is 1. The second kappa shape index (κ2) is 8.18. The van der Waals surface area contributed by atoms with Crippen LogP contribution < -0.4 is 10.6 Å². The summed E-state index contributed by atoms with van der Waals surface area (Å²) in [6.07, 6.45) is 4.35. The highest BCUT2D eigenvalue weighted by Gasteiger charge is 2.07. The molecule has 0 spiro atoms. The van der Waals surface area contributed by atoms with Crippen LogP contribution in [0.2, 0.25) is 0 Å². The van der Waals surface area contributed by atoms with Crippen molar-refractivity contribution in [2.45, 2.75) is 0 Å². The fourth-order valence-electron chi connectivity index (χ4n) is 1.03. The molecule has 0 unspecified atom stereocenters. The van der Waals surface area contributed by atoms with Crippen LogP contribution in [0.15, 0.2) is 28.6 Å². The molecule has 0 aromatic carbocycles. The molecule has 0 atom stereocenters. The fourth-order valence-corrected chi connectivity index (χ4v) is 1.24. The van der Waals surface area contributed by atoms with Gasteiger partial charge in [-0.25, -0.2) is 9.97 Å². The second-order valence-corrected chi connectivity index (χ2v) is 4.20. The SMILES string of the molecule is COCCNC(=O)/C(C#N)=C\Nc1ncc(Br)cn1. The quantitative estimate of drug-likeness (QED) is 0.456. The number of carbonyl (C=O) groups is 1. The average molecular weight is 326 g/mol. The molecule has 0 radical (unpaired) electrons. The molecule has 0 aliphatic heterocycles. The zero-order chi connectivity index (χ0) is 14.1. The van der Waals surface area contributed by atoms with Crippen molar-refractivity contribution in [3.05, 3.63) is 28.6 Å². The maximum absolute atomic E-state index is 11.6. The molecular weight excluding hydrogens is 314 g/mol. The molecule has 0 aliphatic rings. The summed E-state index contributed by atoms with van der Waals surface area (Å²) in [5, 5.41) is 14.1. The Balaban J connectivity index is 2.59. The Labute approximate surface area is 118 Å². The van der Waals surface area contributed by atoms with Gasteiger partial charge in [-0.2, -0.15) is 5.26 Å². The number of nitrogens with one attached hydrogen (secondary N) is 2. The van der Waals surface area contributed by atoms with Crippen LogP contribution in [-0.2, 0) is 9.53 Å².